The van der Waals surface area contributed by atoms with Crippen LogP contribution in [0, 0.1) is 6.92 Å². The molecule has 0 saturated carbocycles. The Balaban J connectivity index is 2.96. The normalized spacial score (nSPS) is 10.6. The largest absolute Gasteiger partial charge is 0.397 e. The van der Waals surface area contributed by atoms with E-state index in [-0.39, 0.29) is 0 Å². The molecule has 0 bridgehead atoms. The van der Waals surface area contributed by atoms with Gasteiger partial charge in [-0.05, 0) is 18.6 Å². The molecule has 3 N–H and O–H groups in total. The van der Waals surface area contributed by atoms with E-state index in [2.05, 4.69) is 15.4 Å². The predicted octanol–water partition coefficient (Wildman–Crippen LogP) is 0.849. The van der Waals surface area contributed by atoms with Crippen LogP contribution in [0.3, 0.4) is 0 Å². The van der Waals surface area contributed by atoms with Crippen LogP contribution in [0.1, 0.15) is 5.56 Å². The van der Waals surface area contributed by atoms with Gasteiger partial charge in [0.25, 0.3) is 0 Å². The number of hydrogen-bond acceptors (Lipinski definition) is 3. The van der Waals surface area contributed by atoms with Crippen LogP contribution in [0.25, 0.3) is 11.0 Å². The fourth-order valence-electron chi connectivity index (χ4n) is 1.08. The minimum atomic E-state index is 0.666. The number of aryl methyl sites for hydroxylation is 1. The second-order valence-corrected chi connectivity index (χ2v) is 2.49. The maximum Gasteiger partial charge on any atom is 0.136 e. The maximum atomic E-state index is 5.65. The number of nitrogens with two attached hydrogens (primary N) is 1. The summed E-state index contributed by atoms with van der Waals surface area (Å²) in [5.41, 5.74) is 9.01. The molecule has 1 heterocycles. The van der Waals surface area contributed by atoms with Crippen molar-refractivity contribution >= 4 is 16.7 Å². The van der Waals surface area contributed by atoms with E-state index in [1.807, 2.05) is 19.1 Å². The highest BCUT2D eigenvalue weighted by molar-refractivity contribution is 5.88. The molecule has 2 rings (SSSR count). The molecule has 11 heavy (non-hydrogen) atoms. The number of rotatable bonds is 0. The molecule has 4 nitrogen and oxygen atoms in total. The zero-order valence-corrected chi connectivity index (χ0v) is 6.13. The van der Waals surface area contributed by atoms with E-state index in [0.29, 0.717) is 5.69 Å². The first kappa shape index (κ1) is 6.15. The van der Waals surface area contributed by atoms with E-state index in [1.54, 1.807) is 0 Å². The molecule has 0 atom stereocenters. The number of nitrogen functional groups attached to an aromatic ring is 1. The van der Waals surface area contributed by atoms with Gasteiger partial charge in [-0.15, -0.1) is 0 Å². The molecule has 0 aliphatic rings. The lowest BCUT2D eigenvalue weighted by molar-refractivity contribution is 0.958. The number of aromatic nitrogens is 3. The Bertz CT molecular complexity index is 354. The lowest BCUT2D eigenvalue weighted by Gasteiger charge is -1.94. The van der Waals surface area contributed by atoms with Crippen LogP contribution in [0.5, 0.6) is 0 Å². The third kappa shape index (κ3) is 0.756. The maximum absolute atomic E-state index is 5.65. The lowest BCUT2D eigenvalue weighted by atomic mass is 10.2. The molecular formula is C7H8N4. The zero-order chi connectivity index (χ0) is 7.84. The molecule has 1 aromatic carbocycles. The van der Waals surface area contributed by atoms with Crippen molar-refractivity contribution in [2.24, 2.45) is 0 Å². The smallest absolute Gasteiger partial charge is 0.136 e. The van der Waals surface area contributed by atoms with Crippen LogP contribution < -0.4 is 5.73 Å². The van der Waals surface area contributed by atoms with E-state index < -0.39 is 0 Å². The topological polar surface area (TPSA) is 67.6 Å². The zero-order valence-electron chi connectivity index (χ0n) is 6.13. The molecule has 56 valence electrons. The van der Waals surface area contributed by atoms with Gasteiger partial charge in [-0.25, -0.2) is 0 Å². The molecule has 0 aliphatic heterocycles. The average Bonchev–Trinajstić information content (AvgIpc) is 2.45. The number of hydrogen-bond donors (Lipinski definition) is 2. The molecule has 0 radical (unpaired) electrons. The minimum absolute atomic E-state index is 0.666. The number of anilines is 1. The molecule has 0 aliphatic carbocycles. The molecular weight excluding hydrogens is 140 g/mol. The van der Waals surface area contributed by atoms with Gasteiger partial charge in [-0.3, -0.25) is 0 Å². The van der Waals surface area contributed by atoms with Crippen molar-refractivity contribution in [2.45, 2.75) is 6.92 Å². The Morgan fingerprint density at radius 1 is 1.27 bits per heavy atom. The Hall–Kier alpha value is -1.58. The van der Waals surface area contributed by atoms with Gasteiger partial charge < -0.3 is 5.73 Å². The van der Waals surface area contributed by atoms with Gasteiger partial charge in [-0.1, -0.05) is 6.07 Å². The van der Waals surface area contributed by atoms with Gasteiger partial charge in [-0.2, -0.15) is 15.4 Å². The van der Waals surface area contributed by atoms with Crippen LogP contribution in [-0.4, -0.2) is 15.4 Å². The van der Waals surface area contributed by atoms with E-state index in [0.717, 1.165) is 16.6 Å². The molecule has 0 amide bonds. The summed E-state index contributed by atoms with van der Waals surface area (Å²) in [6.07, 6.45) is 0. The summed E-state index contributed by atoms with van der Waals surface area (Å²) in [6, 6.07) is 3.76. The van der Waals surface area contributed by atoms with Gasteiger partial charge in [0.05, 0.1) is 5.69 Å². The van der Waals surface area contributed by atoms with Crippen molar-refractivity contribution < 1.29 is 0 Å². The van der Waals surface area contributed by atoms with Crippen LogP contribution in [-0.2, 0) is 0 Å². The fraction of sp³-hybridized carbons (Fsp3) is 0.143. The Morgan fingerprint density at radius 3 is 2.73 bits per heavy atom. The van der Waals surface area contributed by atoms with E-state index in [1.165, 1.54) is 0 Å². The highest BCUT2D eigenvalue weighted by Crippen LogP contribution is 2.18. The molecule has 0 spiro atoms. The summed E-state index contributed by atoms with van der Waals surface area (Å²) in [7, 11) is 0. The van der Waals surface area contributed by atoms with Crippen molar-refractivity contribution in [1.29, 1.82) is 0 Å². The average molecular weight is 148 g/mol. The number of benzene rings is 1. The predicted molar refractivity (Wildman–Crippen MR) is 43.0 cm³/mol. The van der Waals surface area contributed by atoms with Crippen molar-refractivity contribution in [3.05, 3.63) is 17.7 Å². The Kier molecular flexibility index (Phi) is 1.09. The second kappa shape index (κ2) is 1.95. The molecule has 4 heteroatoms. The highest BCUT2D eigenvalue weighted by Gasteiger charge is 2.03. The van der Waals surface area contributed by atoms with Gasteiger partial charge in [0.1, 0.15) is 11.0 Å². The van der Waals surface area contributed by atoms with Crippen molar-refractivity contribution in [1.82, 2.24) is 15.4 Å². The van der Waals surface area contributed by atoms with E-state index in [9.17, 15) is 0 Å². The van der Waals surface area contributed by atoms with Gasteiger partial charge >= 0.3 is 0 Å². The van der Waals surface area contributed by atoms with Crippen LogP contribution >= 0.6 is 0 Å². The summed E-state index contributed by atoms with van der Waals surface area (Å²) >= 11 is 0. The number of H-pyrrole nitrogens is 1. The Morgan fingerprint density at radius 2 is 2.00 bits per heavy atom. The fourth-order valence-corrected chi connectivity index (χ4v) is 1.08. The van der Waals surface area contributed by atoms with Crippen molar-refractivity contribution in [2.75, 3.05) is 5.73 Å². The lowest BCUT2D eigenvalue weighted by Crippen LogP contribution is -1.87. The van der Waals surface area contributed by atoms with Crippen LogP contribution in [0.2, 0.25) is 0 Å². The minimum Gasteiger partial charge on any atom is -0.397 e. The second-order valence-electron chi connectivity index (χ2n) is 2.49. The van der Waals surface area contributed by atoms with Gasteiger partial charge in [0.15, 0.2) is 0 Å². The molecule has 1 aromatic heterocycles. The summed E-state index contributed by atoms with van der Waals surface area (Å²) in [5, 5.41) is 10.4. The van der Waals surface area contributed by atoms with Crippen LogP contribution in [0.15, 0.2) is 12.1 Å². The molecule has 0 saturated heterocycles. The summed E-state index contributed by atoms with van der Waals surface area (Å²) in [6.45, 7) is 1.98. The van der Waals surface area contributed by atoms with E-state index in [4.69, 9.17) is 5.73 Å². The van der Waals surface area contributed by atoms with E-state index >= 15 is 0 Å². The summed E-state index contributed by atoms with van der Waals surface area (Å²) < 4.78 is 0. The van der Waals surface area contributed by atoms with Crippen molar-refractivity contribution in [3.8, 4) is 0 Å². The SMILES string of the molecule is Cc1ccc(N)c2n[nH]nc12. The first-order valence-corrected chi connectivity index (χ1v) is 3.34. The monoisotopic (exact) mass is 148 g/mol. The first-order chi connectivity index (χ1) is 5.29. The standard InChI is InChI=1S/C7H8N4/c1-4-2-3-5(8)7-6(4)9-11-10-7/h2-3H,8H2,1H3,(H,9,10,11). The number of aromatic amines is 1. The first-order valence-electron chi connectivity index (χ1n) is 3.34. The highest BCUT2D eigenvalue weighted by atomic mass is 15.3. The molecule has 0 unspecified atom stereocenters. The molecule has 2 aromatic rings. The third-order valence-electron chi connectivity index (χ3n) is 1.71. The van der Waals surface area contributed by atoms with Crippen LogP contribution in [0.4, 0.5) is 5.69 Å². The molecule has 0 fully saturated rings. The van der Waals surface area contributed by atoms with Gasteiger partial charge in [0, 0.05) is 0 Å². The summed E-state index contributed by atoms with van der Waals surface area (Å²) in [4.78, 5) is 0. The summed E-state index contributed by atoms with van der Waals surface area (Å²) in [5.74, 6) is 0. The quantitative estimate of drug-likeness (QED) is 0.544. The third-order valence-corrected chi connectivity index (χ3v) is 1.71. The number of nitrogens with one attached hydrogen (secondary N) is 1. The number of nitrogens with zero attached hydrogens (tertiary/aromatic N) is 2. The number of fused-ring (bicyclic) bond motifs is 1. The Labute approximate surface area is 63.4 Å². The van der Waals surface area contributed by atoms with Gasteiger partial charge in [0.2, 0.25) is 0 Å². The van der Waals surface area contributed by atoms with Crippen molar-refractivity contribution in [3.63, 3.8) is 0 Å².